The Morgan fingerprint density at radius 2 is 1.76 bits per heavy atom. The second-order valence-electron chi connectivity index (χ2n) is 4.88. The van der Waals surface area contributed by atoms with Gasteiger partial charge in [0.05, 0.1) is 4.90 Å². The first-order valence-corrected chi connectivity index (χ1v) is 8.95. The molecular formula is C15H26N2O3S. The van der Waals surface area contributed by atoms with Gasteiger partial charge in [0.25, 0.3) is 0 Å². The fraction of sp³-hybridized carbons (Fsp3) is 0.600. The SMILES string of the molecule is CCCCCCNS(=O)(=O)c1ccc(OCCNC)cc1. The standard InChI is InChI=1S/C15H26N2O3S/c1-3-4-5-6-11-17-21(18,19)15-9-7-14(8-10-15)20-13-12-16-2/h7-10,16-17H,3-6,11-13H2,1-2H3. The lowest BCUT2D eigenvalue weighted by atomic mass is 10.2. The maximum atomic E-state index is 12.1. The molecule has 0 aliphatic rings. The van der Waals surface area contributed by atoms with Crippen LogP contribution in [0, 0.1) is 0 Å². The zero-order chi connectivity index (χ0) is 15.6. The summed E-state index contributed by atoms with van der Waals surface area (Å²) in [6.45, 7) is 3.92. The molecule has 120 valence electrons. The molecule has 0 radical (unpaired) electrons. The van der Waals surface area contributed by atoms with Crippen LogP contribution < -0.4 is 14.8 Å². The van der Waals surface area contributed by atoms with Gasteiger partial charge in [-0.15, -0.1) is 0 Å². The van der Waals surface area contributed by atoms with Crippen molar-refractivity contribution in [3.63, 3.8) is 0 Å². The first-order chi connectivity index (χ1) is 10.1. The van der Waals surface area contributed by atoms with Crippen LogP contribution in [0.25, 0.3) is 0 Å². The molecule has 0 saturated carbocycles. The molecule has 0 fully saturated rings. The monoisotopic (exact) mass is 314 g/mol. The lowest BCUT2D eigenvalue weighted by Crippen LogP contribution is -2.24. The molecule has 1 aromatic carbocycles. The Morgan fingerprint density at radius 3 is 2.38 bits per heavy atom. The van der Waals surface area contributed by atoms with E-state index in [-0.39, 0.29) is 4.90 Å². The third-order valence-electron chi connectivity index (χ3n) is 3.08. The van der Waals surface area contributed by atoms with Crippen LogP contribution >= 0.6 is 0 Å². The molecular weight excluding hydrogens is 288 g/mol. The predicted octanol–water partition coefficient (Wildman–Crippen LogP) is 2.14. The molecule has 0 bridgehead atoms. The number of hydrogen-bond donors (Lipinski definition) is 2. The highest BCUT2D eigenvalue weighted by Gasteiger charge is 2.12. The number of rotatable bonds is 11. The maximum absolute atomic E-state index is 12.1. The lowest BCUT2D eigenvalue weighted by Gasteiger charge is -2.09. The van der Waals surface area contributed by atoms with Crippen LogP contribution in [0.4, 0.5) is 0 Å². The van der Waals surface area contributed by atoms with Crippen LogP contribution in [0.1, 0.15) is 32.6 Å². The number of nitrogens with one attached hydrogen (secondary N) is 2. The van der Waals surface area contributed by atoms with E-state index in [9.17, 15) is 8.42 Å². The molecule has 2 N–H and O–H groups in total. The highest BCUT2D eigenvalue weighted by Crippen LogP contribution is 2.15. The second-order valence-corrected chi connectivity index (χ2v) is 6.65. The Labute approximate surface area is 128 Å². The summed E-state index contributed by atoms with van der Waals surface area (Å²) < 4.78 is 32.2. The first-order valence-electron chi connectivity index (χ1n) is 7.47. The minimum absolute atomic E-state index is 0.277. The molecule has 0 unspecified atom stereocenters. The Kier molecular flexibility index (Phi) is 8.34. The van der Waals surface area contributed by atoms with Crippen molar-refractivity contribution in [2.45, 2.75) is 37.5 Å². The Balaban J connectivity index is 2.47. The summed E-state index contributed by atoms with van der Waals surface area (Å²) in [6.07, 6.45) is 4.21. The molecule has 6 heteroatoms. The van der Waals surface area contributed by atoms with E-state index in [1.807, 2.05) is 7.05 Å². The second kappa shape index (κ2) is 9.76. The number of likely N-dealkylation sites (N-methyl/N-ethyl adjacent to an activating group) is 1. The highest BCUT2D eigenvalue weighted by atomic mass is 32.2. The van der Waals surface area contributed by atoms with Crippen LogP contribution in [0.15, 0.2) is 29.2 Å². The van der Waals surface area contributed by atoms with Crippen molar-refractivity contribution in [1.29, 1.82) is 0 Å². The van der Waals surface area contributed by atoms with Gasteiger partial charge in [0, 0.05) is 13.1 Å². The summed E-state index contributed by atoms with van der Waals surface area (Å²) in [4.78, 5) is 0.277. The zero-order valence-electron chi connectivity index (χ0n) is 12.9. The van der Waals surface area contributed by atoms with Crippen molar-refractivity contribution in [1.82, 2.24) is 10.0 Å². The minimum atomic E-state index is -3.41. The molecule has 0 spiro atoms. The summed E-state index contributed by atoms with van der Waals surface area (Å²) in [5.41, 5.74) is 0. The molecule has 0 amide bonds. The van der Waals surface area contributed by atoms with E-state index < -0.39 is 10.0 Å². The molecule has 5 nitrogen and oxygen atoms in total. The van der Waals surface area contributed by atoms with Crippen LogP contribution in [-0.2, 0) is 10.0 Å². The average molecular weight is 314 g/mol. The van der Waals surface area contributed by atoms with E-state index in [0.717, 1.165) is 32.2 Å². The topological polar surface area (TPSA) is 67.4 Å². The summed E-state index contributed by atoms with van der Waals surface area (Å²) in [5, 5.41) is 2.98. The van der Waals surface area contributed by atoms with E-state index >= 15 is 0 Å². The molecule has 0 heterocycles. The lowest BCUT2D eigenvalue weighted by molar-refractivity contribution is 0.318. The van der Waals surface area contributed by atoms with Crippen LogP contribution in [0.5, 0.6) is 5.75 Å². The normalized spacial score (nSPS) is 11.5. The summed E-state index contributed by atoms with van der Waals surface area (Å²) in [5.74, 6) is 0.673. The van der Waals surface area contributed by atoms with Crippen molar-refractivity contribution >= 4 is 10.0 Å². The van der Waals surface area contributed by atoms with E-state index in [2.05, 4.69) is 17.0 Å². The Morgan fingerprint density at radius 1 is 1.05 bits per heavy atom. The number of ether oxygens (including phenoxy) is 1. The van der Waals surface area contributed by atoms with Gasteiger partial charge in [0.2, 0.25) is 10.0 Å². The minimum Gasteiger partial charge on any atom is -0.492 e. The number of unbranched alkanes of at least 4 members (excludes halogenated alkanes) is 3. The number of hydrogen-bond acceptors (Lipinski definition) is 4. The van der Waals surface area contributed by atoms with Crippen molar-refractivity contribution < 1.29 is 13.2 Å². The Bertz CT molecular complexity index is 486. The molecule has 1 aromatic rings. The molecule has 0 aromatic heterocycles. The van der Waals surface area contributed by atoms with Gasteiger partial charge >= 0.3 is 0 Å². The largest absolute Gasteiger partial charge is 0.492 e. The quantitative estimate of drug-likeness (QED) is 0.614. The van der Waals surface area contributed by atoms with Crippen molar-refractivity contribution in [2.24, 2.45) is 0 Å². The molecule has 0 aliphatic heterocycles. The summed E-state index contributed by atoms with van der Waals surface area (Å²) in [6, 6.07) is 6.51. The molecule has 1 rings (SSSR count). The van der Waals surface area contributed by atoms with Crippen LogP contribution in [0.2, 0.25) is 0 Å². The first kappa shape index (κ1) is 17.9. The fourth-order valence-corrected chi connectivity index (χ4v) is 2.90. The van der Waals surface area contributed by atoms with Gasteiger partial charge in [-0.3, -0.25) is 0 Å². The molecule has 0 aliphatic carbocycles. The molecule has 21 heavy (non-hydrogen) atoms. The summed E-state index contributed by atoms with van der Waals surface area (Å²) >= 11 is 0. The van der Waals surface area contributed by atoms with Gasteiger partial charge in [-0.2, -0.15) is 0 Å². The van der Waals surface area contributed by atoms with E-state index in [1.165, 1.54) is 0 Å². The molecule has 0 atom stereocenters. The zero-order valence-corrected chi connectivity index (χ0v) is 13.7. The smallest absolute Gasteiger partial charge is 0.240 e. The van der Waals surface area contributed by atoms with Gasteiger partial charge in [0.15, 0.2) is 0 Å². The van der Waals surface area contributed by atoms with E-state index in [4.69, 9.17) is 4.74 Å². The average Bonchev–Trinajstić information content (AvgIpc) is 2.48. The van der Waals surface area contributed by atoms with Gasteiger partial charge < -0.3 is 10.1 Å². The fourth-order valence-electron chi connectivity index (χ4n) is 1.83. The third kappa shape index (κ3) is 6.93. The highest BCUT2D eigenvalue weighted by molar-refractivity contribution is 7.89. The van der Waals surface area contributed by atoms with Crippen molar-refractivity contribution in [3.05, 3.63) is 24.3 Å². The van der Waals surface area contributed by atoms with Crippen molar-refractivity contribution in [3.8, 4) is 5.75 Å². The summed E-state index contributed by atoms with van der Waals surface area (Å²) in [7, 11) is -1.55. The molecule has 0 saturated heterocycles. The predicted molar refractivity (Wildman–Crippen MR) is 85.2 cm³/mol. The van der Waals surface area contributed by atoms with E-state index in [0.29, 0.717) is 18.9 Å². The van der Waals surface area contributed by atoms with Gasteiger partial charge in [-0.1, -0.05) is 26.2 Å². The number of sulfonamides is 1. The van der Waals surface area contributed by atoms with Gasteiger partial charge in [-0.05, 0) is 37.7 Å². The van der Waals surface area contributed by atoms with E-state index in [1.54, 1.807) is 24.3 Å². The third-order valence-corrected chi connectivity index (χ3v) is 4.55. The number of benzene rings is 1. The van der Waals surface area contributed by atoms with Gasteiger partial charge in [0.1, 0.15) is 12.4 Å². The maximum Gasteiger partial charge on any atom is 0.240 e. The Hall–Kier alpha value is -1.11. The van der Waals surface area contributed by atoms with Gasteiger partial charge in [-0.25, -0.2) is 13.1 Å². The van der Waals surface area contributed by atoms with Crippen LogP contribution in [-0.4, -0.2) is 35.2 Å². The van der Waals surface area contributed by atoms with Crippen molar-refractivity contribution in [2.75, 3.05) is 26.7 Å². The van der Waals surface area contributed by atoms with Crippen LogP contribution in [0.3, 0.4) is 0 Å².